The third kappa shape index (κ3) is 4.01. The number of anilines is 1. The normalized spacial score (nSPS) is 16.0. The van der Waals surface area contributed by atoms with Gasteiger partial charge in [0.1, 0.15) is 12.1 Å². The van der Waals surface area contributed by atoms with Crippen LogP contribution in [0.15, 0.2) is 61.3 Å². The Kier molecular flexibility index (Phi) is 5.34. The number of pyridine rings is 1. The summed E-state index contributed by atoms with van der Waals surface area (Å²) in [6.45, 7) is 4.20. The number of fused-ring (bicyclic) bond motifs is 1. The van der Waals surface area contributed by atoms with E-state index in [0.717, 1.165) is 42.8 Å². The minimum Gasteiger partial charge on any atom is -0.356 e. The van der Waals surface area contributed by atoms with Crippen molar-refractivity contribution in [3.63, 3.8) is 0 Å². The zero-order valence-electron chi connectivity index (χ0n) is 17.9. The number of piperidine rings is 1. The summed E-state index contributed by atoms with van der Waals surface area (Å²) < 4.78 is 1.80. The number of aromatic nitrogens is 5. The molecule has 4 aromatic rings. The third-order valence-electron chi connectivity index (χ3n) is 6.21. The smallest absolute Gasteiger partial charge is 0.163 e. The molecule has 1 atom stereocenters. The summed E-state index contributed by atoms with van der Waals surface area (Å²) in [4.78, 5) is 15.4. The van der Waals surface area contributed by atoms with Crippen molar-refractivity contribution in [3.8, 4) is 11.1 Å². The average molecular weight is 414 g/mol. The molecule has 0 bridgehead atoms. The van der Waals surface area contributed by atoms with Crippen LogP contribution in [0.2, 0.25) is 0 Å². The van der Waals surface area contributed by atoms with Gasteiger partial charge in [-0.25, -0.2) is 9.97 Å². The van der Waals surface area contributed by atoms with Crippen LogP contribution in [0.25, 0.3) is 22.2 Å². The van der Waals surface area contributed by atoms with Gasteiger partial charge in [-0.05, 0) is 48.6 Å². The molecule has 7 heteroatoms. The molecule has 1 aliphatic rings. The van der Waals surface area contributed by atoms with E-state index in [0.29, 0.717) is 12.1 Å². The zero-order valence-corrected chi connectivity index (χ0v) is 17.9. The predicted molar refractivity (Wildman–Crippen MR) is 123 cm³/mol. The molecule has 0 aliphatic carbocycles. The fourth-order valence-electron chi connectivity index (χ4n) is 4.42. The van der Waals surface area contributed by atoms with E-state index in [1.54, 1.807) is 11.0 Å². The number of hydrogen-bond acceptors (Lipinski definition) is 6. The molecule has 4 heterocycles. The number of aryl methyl sites for hydroxylation is 1. The summed E-state index contributed by atoms with van der Waals surface area (Å²) >= 11 is 0. The Balaban J connectivity index is 1.20. The number of rotatable bonds is 5. The van der Waals surface area contributed by atoms with Gasteiger partial charge >= 0.3 is 0 Å². The van der Waals surface area contributed by atoms with Crippen molar-refractivity contribution >= 4 is 16.9 Å². The van der Waals surface area contributed by atoms with Gasteiger partial charge in [0, 0.05) is 44.6 Å². The third-order valence-corrected chi connectivity index (χ3v) is 6.21. The van der Waals surface area contributed by atoms with E-state index in [2.05, 4.69) is 61.5 Å². The Bertz CT molecular complexity index is 1150. The highest BCUT2D eigenvalue weighted by Crippen LogP contribution is 2.26. The first-order valence-electron chi connectivity index (χ1n) is 10.8. The van der Waals surface area contributed by atoms with Gasteiger partial charge in [0.2, 0.25) is 0 Å². The lowest BCUT2D eigenvalue weighted by Crippen LogP contribution is -2.43. The summed E-state index contributed by atoms with van der Waals surface area (Å²) in [6, 6.07) is 13.7. The molecule has 0 saturated carbocycles. The Morgan fingerprint density at radius 1 is 0.968 bits per heavy atom. The fraction of sp³-hybridized carbons (Fsp3) is 0.333. The van der Waals surface area contributed by atoms with Crippen LogP contribution in [-0.2, 0) is 7.05 Å². The van der Waals surface area contributed by atoms with Gasteiger partial charge in [-0.3, -0.25) is 9.67 Å². The van der Waals surface area contributed by atoms with E-state index >= 15 is 0 Å². The van der Waals surface area contributed by atoms with Gasteiger partial charge in [-0.15, -0.1) is 0 Å². The molecule has 31 heavy (non-hydrogen) atoms. The van der Waals surface area contributed by atoms with Crippen molar-refractivity contribution in [2.75, 3.05) is 18.0 Å². The maximum absolute atomic E-state index is 4.55. The Morgan fingerprint density at radius 2 is 1.68 bits per heavy atom. The van der Waals surface area contributed by atoms with Crippen molar-refractivity contribution in [2.45, 2.75) is 31.8 Å². The number of hydrogen-bond donors (Lipinski definition) is 1. The highest BCUT2D eigenvalue weighted by Gasteiger charge is 2.23. The number of benzene rings is 1. The Morgan fingerprint density at radius 3 is 2.42 bits per heavy atom. The predicted octanol–water partition coefficient (Wildman–Crippen LogP) is 3.74. The van der Waals surface area contributed by atoms with E-state index in [9.17, 15) is 0 Å². The maximum atomic E-state index is 4.55. The lowest BCUT2D eigenvalue weighted by molar-refractivity contribution is 0.380. The lowest BCUT2D eigenvalue weighted by atomic mass is 9.99. The highest BCUT2D eigenvalue weighted by atomic mass is 15.3. The molecule has 1 aliphatic heterocycles. The minimum absolute atomic E-state index is 0.312. The molecule has 3 aromatic heterocycles. The molecular formula is C24H27N7. The fourth-order valence-corrected chi connectivity index (χ4v) is 4.42. The number of nitrogens with zero attached hydrogens (tertiary/aromatic N) is 6. The van der Waals surface area contributed by atoms with Crippen LogP contribution >= 0.6 is 0 Å². The van der Waals surface area contributed by atoms with Gasteiger partial charge in [0.05, 0.1) is 11.6 Å². The van der Waals surface area contributed by atoms with Crippen LogP contribution in [0.3, 0.4) is 0 Å². The van der Waals surface area contributed by atoms with E-state index in [4.69, 9.17) is 0 Å². The SMILES string of the molecule is CC(NC1CCN(c2ncnc3c2cnn3C)CC1)c1ccc(-c2ccncc2)cc1. The number of nitrogens with one attached hydrogen (secondary N) is 1. The maximum Gasteiger partial charge on any atom is 0.163 e. The minimum atomic E-state index is 0.312. The Hall–Kier alpha value is -3.32. The molecule has 1 saturated heterocycles. The zero-order chi connectivity index (χ0) is 21.2. The summed E-state index contributed by atoms with van der Waals surface area (Å²) in [6.07, 6.45) is 9.35. The molecule has 1 fully saturated rings. The van der Waals surface area contributed by atoms with Crippen molar-refractivity contribution in [3.05, 3.63) is 66.9 Å². The van der Waals surface area contributed by atoms with E-state index in [1.165, 1.54) is 16.7 Å². The van der Waals surface area contributed by atoms with E-state index in [-0.39, 0.29) is 0 Å². The van der Waals surface area contributed by atoms with E-state index in [1.807, 2.05) is 37.8 Å². The largest absolute Gasteiger partial charge is 0.356 e. The van der Waals surface area contributed by atoms with Crippen LogP contribution in [0.5, 0.6) is 0 Å². The van der Waals surface area contributed by atoms with Crippen molar-refractivity contribution < 1.29 is 0 Å². The topological polar surface area (TPSA) is 71.8 Å². The van der Waals surface area contributed by atoms with Crippen LogP contribution in [0, 0.1) is 0 Å². The van der Waals surface area contributed by atoms with Gasteiger partial charge < -0.3 is 10.2 Å². The summed E-state index contributed by atoms with van der Waals surface area (Å²) in [7, 11) is 1.92. The molecule has 1 N–H and O–H groups in total. The second-order valence-corrected chi connectivity index (χ2v) is 8.21. The highest BCUT2D eigenvalue weighted by molar-refractivity contribution is 5.86. The standard InChI is InChI=1S/C24H27N7/c1-17(18-3-5-19(6-4-18)20-7-11-25-12-8-20)29-21-9-13-31(14-10-21)24-22-15-28-30(2)23(22)26-16-27-24/h3-8,11-12,15-17,21,29H,9-10,13-14H2,1-2H3. The first-order chi connectivity index (χ1) is 15.2. The van der Waals surface area contributed by atoms with Crippen LogP contribution in [0.1, 0.15) is 31.4 Å². The first-order valence-corrected chi connectivity index (χ1v) is 10.8. The van der Waals surface area contributed by atoms with Crippen molar-refractivity contribution in [2.24, 2.45) is 7.05 Å². The Labute approximate surface area is 182 Å². The lowest BCUT2D eigenvalue weighted by Gasteiger charge is -2.34. The van der Waals surface area contributed by atoms with Crippen molar-refractivity contribution in [1.82, 2.24) is 30.0 Å². The summed E-state index contributed by atoms with van der Waals surface area (Å²) in [5, 5.41) is 9.19. The molecule has 5 rings (SSSR count). The van der Waals surface area contributed by atoms with Gasteiger partial charge in [-0.2, -0.15) is 5.10 Å². The van der Waals surface area contributed by atoms with Crippen molar-refractivity contribution in [1.29, 1.82) is 0 Å². The molecule has 7 nitrogen and oxygen atoms in total. The molecule has 158 valence electrons. The van der Waals surface area contributed by atoms with Gasteiger partial charge in [0.15, 0.2) is 5.65 Å². The molecule has 1 unspecified atom stereocenters. The molecule has 0 amide bonds. The van der Waals surface area contributed by atoms with Gasteiger partial charge in [-0.1, -0.05) is 24.3 Å². The second-order valence-electron chi connectivity index (χ2n) is 8.21. The molecule has 0 spiro atoms. The van der Waals surface area contributed by atoms with Crippen LogP contribution in [0.4, 0.5) is 5.82 Å². The van der Waals surface area contributed by atoms with Crippen LogP contribution in [-0.4, -0.2) is 43.9 Å². The summed E-state index contributed by atoms with van der Waals surface area (Å²) in [5.74, 6) is 0.997. The quantitative estimate of drug-likeness (QED) is 0.537. The second kappa shape index (κ2) is 8.43. The first kappa shape index (κ1) is 19.6. The monoisotopic (exact) mass is 413 g/mol. The van der Waals surface area contributed by atoms with E-state index < -0.39 is 0 Å². The average Bonchev–Trinajstić information content (AvgIpc) is 3.21. The van der Waals surface area contributed by atoms with Crippen LogP contribution < -0.4 is 10.2 Å². The molecule has 0 radical (unpaired) electrons. The molecule has 1 aromatic carbocycles. The summed E-state index contributed by atoms with van der Waals surface area (Å²) in [5.41, 5.74) is 4.61. The molecular weight excluding hydrogens is 386 g/mol. The van der Waals surface area contributed by atoms with Gasteiger partial charge in [0.25, 0.3) is 0 Å².